The minimum absolute atomic E-state index is 0.432. The summed E-state index contributed by atoms with van der Waals surface area (Å²) in [7, 11) is 0. The van der Waals surface area contributed by atoms with E-state index in [9.17, 15) is 4.79 Å². The maximum atomic E-state index is 12.0. The third-order valence-electron chi connectivity index (χ3n) is 3.58. The van der Waals surface area contributed by atoms with Crippen molar-refractivity contribution in [1.29, 1.82) is 0 Å². The molecule has 1 N–H and O–H groups in total. The molecular weight excluding hydrogens is 186 g/mol. The van der Waals surface area contributed by atoms with Crippen LogP contribution in [0.15, 0.2) is 11.6 Å². The van der Waals surface area contributed by atoms with E-state index in [4.69, 9.17) is 0 Å². The zero-order valence-electron chi connectivity index (χ0n) is 9.43. The van der Waals surface area contributed by atoms with E-state index < -0.39 is 0 Å². The number of piperidine rings is 1. The highest BCUT2D eigenvalue weighted by Crippen LogP contribution is 2.23. The standard InChI is InChI=1S/C13H21NO/c15-13(12-4-2-1-3-5-12)10-11-6-8-14-9-7-11/h4,11,14H,1-3,5-10H2. The average Bonchev–Trinajstić information content (AvgIpc) is 2.31. The molecule has 2 nitrogen and oxygen atoms in total. The highest BCUT2D eigenvalue weighted by atomic mass is 16.1. The third-order valence-corrected chi connectivity index (χ3v) is 3.58. The molecule has 1 aliphatic heterocycles. The molecule has 1 aliphatic carbocycles. The van der Waals surface area contributed by atoms with Crippen LogP contribution in [0.4, 0.5) is 0 Å². The van der Waals surface area contributed by atoms with Gasteiger partial charge in [-0.1, -0.05) is 6.08 Å². The van der Waals surface area contributed by atoms with E-state index in [1.54, 1.807) is 0 Å². The summed E-state index contributed by atoms with van der Waals surface area (Å²) in [5.41, 5.74) is 1.12. The SMILES string of the molecule is O=C(CC1CCNCC1)C1=CCCCC1. The van der Waals surface area contributed by atoms with E-state index in [1.807, 2.05) is 0 Å². The van der Waals surface area contributed by atoms with E-state index in [0.29, 0.717) is 11.7 Å². The van der Waals surface area contributed by atoms with Crippen LogP contribution in [0.3, 0.4) is 0 Å². The van der Waals surface area contributed by atoms with Gasteiger partial charge in [-0.15, -0.1) is 0 Å². The van der Waals surface area contributed by atoms with Gasteiger partial charge in [0.25, 0.3) is 0 Å². The first-order chi connectivity index (χ1) is 7.36. The molecule has 0 aromatic heterocycles. The average molecular weight is 207 g/mol. The molecule has 1 fully saturated rings. The monoisotopic (exact) mass is 207 g/mol. The second-order valence-electron chi connectivity index (χ2n) is 4.80. The lowest BCUT2D eigenvalue weighted by Crippen LogP contribution is -2.29. The molecule has 84 valence electrons. The van der Waals surface area contributed by atoms with Gasteiger partial charge in [-0.3, -0.25) is 4.79 Å². The van der Waals surface area contributed by atoms with Crippen LogP contribution in [0.2, 0.25) is 0 Å². The third kappa shape index (κ3) is 3.16. The topological polar surface area (TPSA) is 29.1 Å². The second kappa shape index (κ2) is 5.45. The Hall–Kier alpha value is -0.630. The molecule has 0 unspecified atom stereocenters. The maximum Gasteiger partial charge on any atom is 0.158 e. The van der Waals surface area contributed by atoms with Gasteiger partial charge in [0.05, 0.1) is 0 Å². The smallest absolute Gasteiger partial charge is 0.158 e. The van der Waals surface area contributed by atoms with E-state index in [2.05, 4.69) is 11.4 Å². The Kier molecular flexibility index (Phi) is 3.95. The fourth-order valence-electron chi connectivity index (χ4n) is 2.57. The molecule has 0 aromatic rings. The van der Waals surface area contributed by atoms with Gasteiger partial charge in [-0.2, -0.15) is 0 Å². The molecule has 0 radical (unpaired) electrons. The summed E-state index contributed by atoms with van der Waals surface area (Å²) < 4.78 is 0. The molecule has 0 bridgehead atoms. The number of carbonyl (C=O) groups excluding carboxylic acids is 1. The Bertz CT molecular complexity index is 251. The van der Waals surface area contributed by atoms with Crippen LogP contribution in [-0.2, 0) is 4.79 Å². The summed E-state index contributed by atoms with van der Waals surface area (Å²) in [6.07, 6.45) is 9.96. The summed E-state index contributed by atoms with van der Waals surface area (Å²) in [5, 5.41) is 3.34. The Morgan fingerprint density at radius 2 is 2.13 bits per heavy atom. The zero-order valence-corrected chi connectivity index (χ0v) is 9.43. The molecule has 15 heavy (non-hydrogen) atoms. The van der Waals surface area contributed by atoms with Crippen molar-refractivity contribution < 1.29 is 4.79 Å². The van der Waals surface area contributed by atoms with Gasteiger partial charge in [0.2, 0.25) is 0 Å². The van der Waals surface area contributed by atoms with Crippen LogP contribution in [0.5, 0.6) is 0 Å². The number of ketones is 1. The lowest BCUT2D eigenvalue weighted by atomic mass is 9.87. The molecule has 0 saturated carbocycles. The lowest BCUT2D eigenvalue weighted by molar-refractivity contribution is -0.116. The number of carbonyl (C=O) groups is 1. The van der Waals surface area contributed by atoms with Gasteiger partial charge in [-0.25, -0.2) is 0 Å². The number of allylic oxidation sites excluding steroid dienone is 2. The Labute approximate surface area is 92.1 Å². The Morgan fingerprint density at radius 1 is 1.33 bits per heavy atom. The van der Waals surface area contributed by atoms with Crippen LogP contribution in [-0.4, -0.2) is 18.9 Å². The van der Waals surface area contributed by atoms with Crippen LogP contribution < -0.4 is 5.32 Å². The fraction of sp³-hybridized carbons (Fsp3) is 0.769. The van der Waals surface area contributed by atoms with E-state index in [0.717, 1.165) is 37.9 Å². The summed E-state index contributed by atoms with van der Waals surface area (Å²) in [5.74, 6) is 1.07. The van der Waals surface area contributed by atoms with Crippen molar-refractivity contribution in [3.05, 3.63) is 11.6 Å². The first kappa shape index (κ1) is 10.9. The van der Waals surface area contributed by atoms with Crippen molar-refractivity contribution >= 4 is 5.78 Å². The highest BCUT2D eigenvalue weighted by molar-refractivity contribution is 5.95. The molecule has 0 amide bonds. The van der Waals surface area contributed by atoms with Gasteiger partial charge < -0.3 is 5.32 Å². The molecule has 2 rings (SSSR count). The van der Waals surface area contributed by atoms with E-state index >= 15 is 0 Å². The van der Waals surface area contributed by atoms with Crippen molar-refractivity contribution in [2.45, 2.75) is 44.9 Å². The van der Waals surface area contributed by atoms with Crippen molar-refractivity contribution in [1.82, 2.24) is 5.32 Å². The fourth-order valence-corrected chi connectivity index (χ4v) is 2.57. The predicted molar refractivity (Wildman–Crippen MR) is 61.8 cm³/mol. The number of hydrogen-bond donors (Lipinski definition) is 1. The molecular formula is C13H21NO. The normalized spacial score (nSPS) is 23.6. The number of hydrogen-bond acceptors (Lipinski definition) is 2. The summed E-state index contributed by atoms with van der Waals surface area (Å²) >= 11 is 0. The molecule has 1 saturated heterocycles. The van der Waals surface area contributed by atoms with Crippen LogP contribution in [0.25, 0.3) is 0 Å². The minimum Gasteiger partial charge on any atom is -0.317 e. The van der Waals surface area contributed by atoms with Crippen molar-refractivity contribution in [2.24, 2.45) is 5.92 Å². The molecule has 0 spiro atoms. The number of Topliss-reactive ketones (excluding diaryl/α,β-unsaturated/α-hetero) is 1. The molecule has 2 heteroatoms. The highest BCUT2D eigenvalue weighted by Gasteiger charge is 2.19. The largest absolute Gasteiger partial charge is 0.317 e. The summed E-state index contributed by atoms with van der Waals surface area (Å²) in [6, 6.07) is 0. The summed E-state index contributed by atoms with van der Waals surface area (Å²) in [6.45, 7) is 2.19. The Balaban J connectivity index is 1.82. The molecule has 2 aliphatic rings. The van der Waals surface area contributed by atoms with Crippen LogP contribution >= 0.6 is 0 Å². The van der Waals surface area contributed by atoms with Crippen LogP contribution in [0.1, 0.15) is 44.9 Å². The van der Waals surface area contributed by atoms with E-state index in [-0.39, 0.29) is 0 Å². The first-order valence-corrected chi connectivity index (χ1v) is 6.29. The van der Waals surface area contributed by atoms with Crippen molar-refractivity contribution in [2.75, 3.05) is 13.1 Å². The maximum absolute atomic E-state index is 12.0. The molecule has 0 aromatic carbocycles. The Morgan fingerprint density at radius 3 is 2.80 bits per heavy atom. The molecule has 0 atom stereocenters. The minimum atomic E-state index is 0.432. The van der Waals surface area contributed by atoms with Crippen LogP contribution in [0, 0.1) is 5.92 Å². The zero-order chi connectivity index (χ0) is 10.5. The predicted octanol–water partition coefficient (Wildman–Crippen LogP) is 2.45. The number of rotatable bonds is 3. The molecule has 1 heterocycles. The van der Waals surface area contributed by atoms with Crippen molar-refractivity contribution in [3.63, 3.8) is 0 Å². The summed E-state index contributed by atoms with van der Waals surface area (Å²) in [4.78, 5) is 12.0. The van der Waals surface area contributed by atoms with Gasteiger partial charge in [0.1, 0.15) is 0 Å². The van der Waals surface area contributed by atoms with Gasteiger partial charge in [-0.05, 0) is 63.1 Å². The van der Waals surface area contributed by atoms with Gasteiger partial charge in [0, 0.05) is 6.42 Å². The van der Waals surface area contributed by atoms with Gasteiger partial charge in [0.15, 0.2) is 5.78 Å². The first-order valence-electron chi connectivity index (χ1n) is 6.29. The quantitative estimate of drug-likeness (QED) is 0.770. The second-order valence-corrected chi connectivity index (χ2v) is 4.80. The van der Waals surface area contributed by atoms with Gasteiger partial charge >= 0.3 is 0 Å². The van der Waals surface area contributed by atoms with E-state index in [1.165, 1.54) is 25.7 Å². The number of nitrogens with one attached hydrogen (secondary N) is 1. The van der Waals surface area contributed by atoms with Crippen molar-refractivity contribution in [3.8, 4) is 0 Å². The lowest BCUT2D eigenvalue weighted by Gasteiger charge is -2.22.